The smallest absolute Gasteiger partial charge is 0.161 e. The maximum Gasteiger partial charge on any atom is 0.161 e. The number of aliphatic hydroxyl groups excluding tert-OH is 1. The maximum absolute atomic E-state index is 9.67. The number of aliphatic hydroxyl groups is 1. The molecule has 0 aliphatic rings. The second-order valence-corrected chi connectivity index (χ2v) is 4.46. The van der Waals surface area contributed by atoms with Crippen LogP contribution in [0.15, 0.2) is 36.4 Å². The van der Waals surface area contributed by atoms with Gasteiger partial charge in [0.25, 0.3) is 0 Å². The minimum atomic E-state index is -0.512. The van der Waals surface area contributed by atoms with Crippen molar-refractivity contribution in [3.8, 4) is 11.5 Å². The molecule has 0 heterocycles. The summed E-state index contributed by atoms with van der Waals surface area (Å²) in [5.41, 5.74) is 0. The second-order valence-electron chi connectivity index (χ2n) is 4.46. The average molecular weight is 295 g/mol. The Morgan fingerprint density at radius 2 is 2.05 bits per heavy atom. The summed E-state index contributed by atoms with van der Waals surface area (Å²) in [6.07, 6.45) is 3.31. The predicted molar refractivity (Wildman–Crippen MR) is 83.0 cm³/mol. The van der Waals surface area contributed by atoms with E-state index in [0.717, 1.165) is 11.5 Å². The first-order chi connectivity index (χ1) is 10.3. The average Bonchev–Trinajstić information content (AvgIpc) is 2.51. The van der Waals surface area contributed by atoms with E-state index in [1.807, 2.05) is 43.3 Å². The van der Waals surface area contributed by atoms with Crippen LogP contribution in [0.4, 0.5) is 0 Å². The van der Waals surface area contributed by atoms with Crippen molar-refractivity contribution in [3.05, 3.63) is 36.4 Å². The fraction of sp³-hybridized carbons (Fsp3) is 0.500. The van der Waals surface area contributed by atoms with Gasteiger partial charge >= 0.3 is 0 Å². The number of hydrogen-bond donors (Lipinski definition) is 2. The van der Waals surface area contributed by atoms with Crippen LogP contribution in [0, 0.1) is 0 Å². The minimum Gasteiger partial charge on any atom is -0.493 e. The number of ether oxygens (including phenoxy) is 3. The quantitative estimate of drug-likeness (QED) is 0.480. The lowest BCUT2D eigenvalue weighted by molar-refractivity contribution is 0.0490. The third-order valence-corrected chi connectivity index (χ3v) is 2.75. The van der Waals surface area contributed by atoms with Gasteiger partial charge in [-0.3, -0.25) is 0 Å². The molecule has 1 rings (SSSR count). The standard InChI is InChI=1S/C16H25NO4/c1-3-4-10-20-13-14(18)12-17-9-11-21-16-8-6-5-7-15(16)19-2/h3-8,14,17-18H,9-13H2,1-2H3/b4-3+/t14-/m0/s1. The molecule has 1 aromatic rings. The Morgan fingerprint density at radius 1 is 1.29 bits per heavy atom. The van der Waals surface area contributed by atoms with Gasteiger partial charge in [0.05, 0.1) is 26.4 Å². The van der Waals surface area contributed by atoms with Crippen LogP contribution in [0.5, 0.6) is 11.5 Å². The van der Waals surface area contributed by atoms with E-state index in [1.54, 1.807) is 7.11 Å². The zero-order valence-corrected chi connectivity index (χ0v) is 12.7. The number of nitrogens with one attached hydrogen (secondary N) is 1. The minimum absolute atomic E-state index is 0.324. The molecular weight excluding hydrogens is 270 g/mol. The molecule has 0 bridgehead atoms. The summed E-state index contributed by atoms with van der Waals surface area (Å²) >= 11 is 0. The van der Waals surface area contributed by atoms with Crippen molar-refractivity contribution in [2.45, 2.75) is 13.0 Å². The van der Waals surface area contributed by atoms with E-state index in [2.05, 4.69) is 5.32 Å². The van der Waals surface area contributed by atoms with Gasteiger partial charge in [0.15, 0.2) is 11.5 Å². The molecule has 0 spiro atoms. The van der Waals surface area contributed by atoms with Gasteiger partial charge in [0.2, 0.25) is 0 Å². The molecule has 21 heavy (non-hydrogen) atoms. The van der Waals surface area contributed by atoms with Gasteiger partial charge in [0, 0.05) is 13.1 Å². The first-order valence-electron chi connectivity index (χ1n) is 7.11. The van der Waals surface area contributed by atoms with Crippen molar-refractivity contribution in [3.63, 3.8) is 0 Å². The van der Waals surface area contributed by atoms with Crippen LogP contribution in [0.2, 0.25) is 0 Å². The van der Waals surface area contributed by atoms with Crippen LogP contribution in [-0.2, 0) is 4.74 Å². The van der Waals surface area contributed by atoms with Crippen molar-refractivity contribution in [2.75, 3.05) is 40.0 Å². The van der Waals surface area contributed by atoms with E-state index in [-0.39, 0.29) is 0 Å². The zero-order valence-electron chi connectivity index (χ0n) is 12.7. The highest BCUT2D eigenvalue weighted by atomic mass is 16.5. The largest absolute Gasteiger partial charge is 0.493 e. The van der Waals surface area contributed by atoms with E-state index in [9.17, 15) is 5.11 Å². The first kappa shape index (κ1) is 17.5. The molecule has 118 valence electrons. The number of rotatable bonds is 11. The monoisotopic (exact) mass is 295 g/mol. The lowest BCUT2D eigenvalue weighted by atomic mass is 10.3. The second kappa shape index (κ2) is 11.1. The zero-order chi connectivity index (χ0) is 15.3. The van der Waals surface area contributed by atoms with Crippen molar-refractivity contribution >= 4 is 0 Å². The summed E-state index contributed by atoms with van der Waals surface area (Å²) in [5, 5.41) is 12.8. The topological polar surface area (TPSA) is 60.0 Å². The SMILES string of the molecule is C/C=C/COC[C@@H](O)CNCCOc1ccccc1OC. The van der Waals surface area contributed by atoms with Gasteiger partial charge in [-0.2, -0.15) is 0 Å². The molecular formula is C16H25NO4. The summed E-state index contributed by atoms with van der Waals surface area (Å²) < 4.78 is 16.1. The number of benzene rings is 1. The van der Waals surface area contributed by atoms with Gasteiger partial charge in [-0.15, -0.1) is 0 Å². The Kier molecular flexibility index (Phi) is 9.28. The number of allylic oxidation sites excluding steroid dienone is 1. The molecule has 1 aromatic carbocycles. The molecule has 0 aliphatic carbocycles. The van der Waals surface area contributed by atoms with Crippen LogP contribution < -0.4 is 14.8 Å². The summed E-state index contributed by atoms with van der Waals surface area (Å²) in [6, 6.07) is 7.52. The van der Waals surface area contributed by atoms with Crippen LogP contribution in [-0.4, -0.2) is 51.2 Å². The molecule has 1 atom stereocenters. The summed E-state index contributed by atoms with van der Waals surface area (Å²) in [6.45, 7) is 4.42. The van der Waals surface area contributed by atoms with Gasteiger partial charge in [0.1, 0.15) is 6.61 Å². The summed E-state index contributed by atoms with van der Waals surface area (Å²) in [7, 11) is 1.62. The highest BCUT2D eigenvalue weighted by molar-refractivity contribution is 5.39. The predicted octanol–water partition coefficient (Wildman–Crippen LogP) is 1.62. The Morgan fingerprint density at radius 3 is 2.76 bits per heavy atom. The van der Waals surface area contributed by atoms with E-state index in [4.69, 9.17) is 14.2 Å². The Balaban J connectivity index is 2.08. The molecule has 0 unspecified atom stereocenters. The van der Waals surface area contributed by atoms with E-state index < -0.39 is 6.10 Å². The van der Waals surface area contributed by atoms with E-state index in [0.29, 0.717) is 32.9 Å². The lowest BCUT2D eigenvalue weighted by Crippen LogP contribution is -2.32. The molecule has 5 heteroatoms. The van der Waals surface area contributed by atoms with Gasteiger partial charge < -0.3 is 24.6 Å². The van der Waals surface area contributed by atoms with Gasteiger partial charge in [-0.25, -0.2) is 0 Å². The van der Waals surface area contributed by atoms with Crippen LogP contribution in [0.25, 0.3) is 0 Å². The lowest BCUT2D eigenvalue weighted by Gasteiger charge is -2.13. The van der Waals surface area contributed by atoms with Crippen LogP contribution >= 0.6 is 0 Å². The fourth-order valence-electron chi connectivity index (χ4n) is 1.67. The molecule has 0 saturated heterocycles. The number of para-hydroxylation sites is 2. The normalized spacial score (nSPS) is 12.5. The molecule has 0 fully saturated rings. The van der Waals surface area contributed by atoms with Crippen molar-refractivity contribution in [2.24, 2.45) is 0 Å². The van der Waals surface area contributed by atoms with Gasteiger partial charge in [-0.05, 0) is 19.1 Å². The number of hydrogen-bond acceptors (Lipinski definition) is 5. The molecule has 0 saturated carbocycles. The molecule has 0 radical (unpaired) electrons. The van der Waals surface area contributed by atoms with E-state index >= 15 is 0 Å². The Labute approximate surface area is 126 Å². The first-order valence-corrected chi connectivity index (χ1v) is 7.11. The van der Waals surface area contributed by atoms with E-state index in [1.165, 1.54) is 0 Å². The highest BCUT2D eigenvalue weighted by Crippen LogP contribution is 2.25. The molecule has 0 aliphatic heterocycles. The third kappa shape index (κ3) is 7.70. The fourth-order valence-corrected chi connectivity index (χ4v) is 1.67. The molecule has 5 nitrogen and oxygen atoms in total. The molecule has 0 aromatic heterocycles. The van der Waals surface area contributed by atoms with Crippen molar-refractivity contribution < 1.29 is 19.3 Å². The van der Waals surface area contributed by atoms with Crippen LogP contribution in [0.3, 0.4) is 0 Å². The Hall–Kier alpha value is -1.56. The molecule has 0 amide bonds. The highest BCUT2D eigenvalue weighted by Gasteiger charge is 2.04. The third-order valence-electron chi connectivity index (χ3n) is 2.75. The maximum atomic E-state index is 9.67. The van der Waals surface area contributed by atoms with Crippen molar-refractivity contribution in [1.82, 2.24) is 5.32 Å². The summed E-state index contributed by atoms with van der Waals surface area (Å²) in [4.78, 5) is 0. The summed E-state index contributed by atoms with van der Waals surface area (Å²) in [5.74, 6) is 1.44. The molecule has 2 N–H and O–H groups in total. The van der Waals surface area contributed by atoms with Crippen molar-refractivity contribution in [1.29, 1.82) is 0 Å². The number of methoxy groups -OCH3 is 1. The Bertz CT molecular complexity index is 409. The van der Waals surface area contributed by atoms with Gasteiger partial charge in [-0.1, -0.05) is 24.3 Å². The van der Waals surface area contributed by atoms with Crippen LogP contribution in [0.1, 0.15) is 6.92 Å².